The Morgan fingerprint density at radius 2 is 1.88 bits per heavy atom. The van der Waals surface area contributed by atoms with E-state index in [4.69, 9.17) is 0 Å². The molecule has 5 rings (SSSR count). The fourth-order valence-corrected chi connectivity index (χ4v) is 4.77. The standard InChI is InChI=1S/C25H23F3N2O2/c26-25(27,28)16-8-10-20-17(12-16)18-13-23(32)29-21-9-6-14(11-19(21)24(18)30-20)5-7-15-3-1-2-4-22(15)31/h5-12,15,22,30-31H,1-4,13H2,(H,29,32)/b7-5+. The molecule has 3 N–H and O–H groups in total. The summed E-state index contributed by atoms with van der Waals surface area (Å²) in [6.07, 6.45) is 3.11. The molecule has 2 unspecified atom stereocenters. The van der Waals surface area contributed by atoms with E-state index in [0.29, 0.717) is 27.8 Å². The summed E-state index contributed by atoms with van der Waals surface area (Å²) in [6.45, 7) is 0. The van der Waals surface area contributed by atoms with Gasteiger partial charge in [-0.15, -0.1) is 0 Å². The lowest BCUT2D eigenvalue weighted by Crippen LogP contribution is -2.22. The number of aromatic amines is 1. The largest absolute Gasteiger partial charge is 0.416 e. The third-order valence-electron chi connectivity index (χ3n) is 6.48. The van der Waals surface area contributed by atoms with Gasteiger partial charge in [0.2, 0.25) is 5.91 Å². The van der Waals surface area contributed by atoms with Crippen LogP contribution in [0.2, 0.25) is 0 Å². The predicted octanol–water partition coefficient (Wildman–Crippen LogP) is 5.91. The second kappa shape index (κ2) is 7.81. The van der Waals surface area contributed by atoms with Crippen LogP contribution in [-0.4, -0.2) is 22.1 Å². The molecule has 0 saturated heterocycles. The van der Waals surface area contributed by atoms with Gasteiger partial charge in [-0.2, -0.15) is 13.2 Å². The maximum absolute atomic E-state index is 13.3. The molecule has 1 fully saturated rings. The van der Waals surface area contributed by atoms with Gasteiger partial charge in [-0.3, -0.25) is 4.79 Å². The average molecular weight is 440 g/mol. The molecule has 4 nitrogen and oxygen atoms in total. The van der Waals surface area contributed by atoms with Crippen molar-refractivity contribution >= 4 is 28.6 Å². The number of hydrogen-bond donors (Lipinski definition) is 3. The van der Waals surface area contributed by atoms with Gasteiger partial charge >= 0.3 is 6.18 Å². The lowest BCUT2D eigenvalue weighted by Gasteiger charge is -2.24. The Morgan fingerprint density at radius 3 is 2.66 bits per heavy atom. The number of fused-ring (bicyclic) bond motifs is 5. The summed E-state index contributed by atoms with van der Waals surface area (Å²) in [5, 5.41) is 13.5. The number of aliphatic hydroxyl groups excluding tert-OH is 1. The van der Waals surface area contributed by atoms with Crippen molar-refractivity contribution in [1.82, 2.24) is 4.98 Å². The molecule has 2 aromatic carbocycles. The number of aliphatic hydroxyl groups is 1. The predicted molar refractivity (Wildman–Crippen MR) is 118 cm³/mol. The molecule has 2 aliphatic rings. The molecule has 32 heavy (non-hydrogen) atoms. The molecule has 1 aliphatic carbocycles. The first-order valence-corrected chi connectivity index (χ1v) is 10.8. The van der Waals surface area contributed by atoms with E-state index < -0.39 is 11.7 Å². The first-order valence-electron chi connectivity index (χ1n) is 10.8. The maximum Gasteiger partial charge on any atom is 0.416 e. The number of benzene rings is 2. The van der Waals surface area contributed by atoms with Crippen molar-refractivity contribution in [3.8, 4) is 11.3 Å². The number of nitrogens with one attached hydrogen (secondary N) is 2. The van der Waals surface area contributed by atoms with Crippen LogP contribution in [0.4, 0.5) is 18.9 Å². The molecule has 2 atom stereocenters. The summed E-state index contributed by atoms with van der Waals surface area (Å²) in [5.74, 6) is -0.149. The van der Waals surface area contributed by atoms with Crippen molar-refractivity contribution in [1.29, 1.82) is 0 Å². The normalized spacial score (nSPS) is 21.3. The van der Waals surface area contributed by atoms with E-state index in [1.54, 1.807) is 0 Å². The third kappa shape index (κ3) is 3.81. The highest BCUT2D eigenvalue weighted by molar-refractivity contribution is 6.05. The van der Waals surface area contributed by atoms with Crippen molar-refractivity contribution in [2.45, 2.75) is 44.4 Å². The zero-order valence-electron chi connectivity index (χ0n) is 17.3. The summed E-state index contributed by atoms with van der Waals surface area (Å²) < 4.78 is 39.8. The number of H-pyrrole nitrogens is 1. The highest BCUT2D eigenvalue weighted by Gasteiger charge is 2.32. The molecule has 0 spiro atoms. The summed E-state index contributed by atoms with van der Waals surface area (Å²) >= 11 is 0. The molecule has 1 aliphatic heterocycles. The summed E-state index contributed by atoms with van der Waals surface area (Å²) in [5.41, 5.74) is 3.30. The van der Waals surface area contributed by atoms with E-state index in [1.807, 2.05) is 30.4 Å². The topological polar surface area (TPSA) is 65.1 Å². The van der Waals surface area contributed by atoms with Crippen molar-refractivity contribution in [3.05, 3.63) is 59.2 Å². The summed E-state index contributed by atoms with van der Waals surface area (Å²) in [4.78, 5) is 15.7. The minimum Gasteiger partial charge on any atom is -0.393 e. The van der Waals surface area contributed by atoms with Gasteiger partial charge < -0.3 is 15.4 Å². The molecule has 166 valence electrons. The first-order chi connectivity index (χ1) is 15.3. The number of carbonyl (C=O) groups excluding carboxylic acids is 1. The zero-order valence-corrected chi connectivity index (χ0v) is 17.3. The fraction of sp³-hybridized carbons (Fsp3) is 0.320. The lowest BCUT2D eigenvalue weighted by atomic mass is 9.86. The highest BCUT2D eigenvalue weighted by atomic mass is 19.4. The van der Waals surface area contributed by atoms with E-state index in [9.17, 15) is 23.1 Å². The number of halogens is 3. The van der Waals surface area contributed by atoms with Crippen LogP contribution in [0.25, 0.3) is 28.2 Å². The van der Waals surface area contributed by atoms with Gasteiger partial charge in [-0.25, -0.2) is 0 Å². The Labute approximate surface area is 183 Å². The first kappa shape index (κ1) is 20.8. The van der Waals surface area contributed by atoms with Gasteiger partial charge in [0.05, 0.1) is 29.5 Å². The maximum atomic E-state index is 13.3. The van der Waals surface area contributed by atoms with Crippen molar-refractivity contribution in [2.75, 3.05) is 5.32 Å². The second-order valence-corrected chi connectivity index (χ2v) is 8.64. The molecule has 3 aromatic rings. The molecule has 1 saturated carbocycles. The number of alkyl halides is 3. The van der Waals surface area contributed by atoms with Crippen LogP contribution in [0.1, 0.15) is 42.4 Å². The molecule has 0 radical (unpaired) electrons. The zero-order chi connectivity index (χ0) is 22.5. The molecule has 2 heterocycles. The van der Waals surface area contributed by atoms with Crippen LogP contribution in [0.15, 0.2) is 42.5 Å². The number of aromatic nitrogens is 1. The summed E-state index contributed by atoms with van der Waals surface area (Å²) in [7, 11) is 0. The van der Waals surface area contributed by atoms with Gasteiger partial charge in [0.25, 0.3) is 0 Å². The van der Waals surface area contributed by atoms with Crippen LogP contribution < -0.4 is 5.32 Å². The summed E-state index contributed by atoms with van der Waals surface area (Å²) in [6, 6.07) is 9.20. The number of anilines is 1. The molecule has 7 heteroatoms. The third-order valence-corrected chi connectivity index (χ3v) is 6.48. The van der Waals surface area contributed by atoms with E-state index in [1.165, 1.54) is 6.07 Å². The monoisotopic (exact) mass is 440 g/mol. The molecule has 1 aromatic heterocycles. The van der Waals surface area contributed by atoms with Crippen LogP contribution >= 0.6 is 0 Å². The Hall–Kier alpha value is -3.06. The number of amides is 1. The van der Waals surface area contributed by atoms with E-state index in [2.05, 4.69) is 10.3 Å². The Morgan fingerprint density at radius 1 is 1.06 bits per heavy atom. The smallest absolute Gasteiger partial charge is 0.393 e. The van der Waals surface area contributed by atoms with Gasteiger partial charge in [0, 0.05) is 22.4 Å². The van der Waals surface area contributed by atoms with Crippen molar-refractivity contribution in [3.63, 3.8) is 0 Å². The minimum absolute atomic E-state index is 0.00916. The molecule has 0 bridgehead atoms. The van der Waals surface area contributed by atoms with Gasteiger partial charge in [0.1, 0.15) is 0 Å². The van der Waals surface area contributed by atoms with Crippen molar-refractivity contribution < 1.29 is 23.1 Å². The van der Waals surface area contributed by atoms with Crippen molar-refractivity contribution in [2.24, 2.45) is 5.92 Å². The highest BCUT2D eigenvalue weighted by Crippen LogP contribution is 2.40. The van der Waals surface area contributed by atoms with E-state index in [-0.39, 0.29) is 24.3 Å². The average Bonchev–Trinajstić information content (AvgIpc) is 3.04. The molecule has 1 amide bonds. The Bertz CT molecular complexity index is 1230. The van der Waals surface area contributed by atoms with Gasteiger partial charge in [-0.05, 0) is 54.3 Å². The Balaban J connectivity index is 1.58. The van der Waals surface area contributed by atoms with Gasteiger partial charge in [0.15, 0.2) is 0 Å². The SMILES string of the molecule is O=C1Cc2c([nH]c3ccc(C(F)(F)F)cc23)-c2cc(/C=C/C3CCCCC3O)ccc2N1. The van der Waals surface area contributed by atoms with Crippen LogP contribution in [0, 0.1) is 5.92 Å². The molecular formula is C25H23F3N2O2. The second-order valence-electron chi connectivity index (χ2n) is 8.64. The number of carbonyl (C=O) groups is 1. The van der Waals surface area contributed by atoms with E-state index >= 15 is 0 Å². The molecular weight excluding hydrogens is 417 g/mol. The van der Waals surface area contributed by atoms with E-state index in [0.717, 1.165) is 48.9 Å². The number of hydrogen-bond acceptors (Lipinski definition) is 2. The van der Waals surface area contributed by atoms with Crippen LogP contribution in [-0.2, 0) is 17.4 Å². The van der Waals surface area contributed by atoms with Crippen LogP contribution in [0.5, 0.6) is 0 Å². The quantitative estimate of drug-likeness (QED) is 0.464. The minimum atomic E-state index is -4.45. The Kier molecular flexibility index (Phi) is 5.08. The van der Waals surface area contributed by atoms with Crippen LogP contribution in [0.3, 0.4) is 0 Å². The lowest BCUT2D eigenvalue weighted by molar-refractivity contribution is -0.137. The number of rotatable bonds is 2. The fourth-order valence-electron chi connectivity index (χ4n) is 4.77. The van der Waals surface area contributed by atoms with Gasteiger partial charge in [-0.1, -0.05) is 31.1 Å².